The summed E-state index contributed by atoms with van der Waals surface area (Å²) in [7, 11) is 1.60. The predicted octanol–water partition coefficient (Wildman–Crippen LogP) is 3.01. The first-order chi connectivity index (χ1) is 11.2. The molecule has 0 atom stereocenters. The van der Waals surface area contributed by atoms with E-state index in [0.29, 0.717) is 18.8 Å². The molecule has 1 heterocycles. The summed E-state index contributed by atoms with van der Waals surface area (Å²) in [5, 5.41) is 4.28. The lowest BCUT2D eigenvalue weighted by Gasteiger charge is -2.03. The van der Waals surface area contributed by atoms with Gasteiger partial charge in [0.15, 0.2) is 5.75 Å². The number of benzene rings is 1. The minimum Gasteiger partial charge on any atom is -0.497 e. The average Bonchev–Trinajstić information content (AvgIpc) is 3.00. The van der Waals surface area contributed by atoms with E-state index in [9.17, 15) is 4.79 Å². The highest BCUT2D eigenvalue weighted by Crippen LogP contribution is 2.22. The van der Waals surface area contributed by atoms with Gasteiger partial charge in [-0.1, -0.05) is 6.08 Å². The van der Waals surface area contributed by atoms with E-state index in [-0.39, 0.29) is 12.3 Å². The van der Waals surface area contributed by atoms with Crippen molar-refractivity contribution in [3.8, 4) is 17.2 Å². The van der Waals surface area contributed by atoms with E-state index >= 15 is 0 Å². The van der Waals surface area contributed by atoms with Crippen LogP contribution in [0.25, 0.3) is 5.69 Å². The normalized spacial score (nSPS) is 10.2. The predicted molar refractivity (Wildman–Crippen MR) is 86.4 cm³/mol. The Balaban J connectivity index is 2.30. The lowest BCUT2D eigenvalue weighted by Crippen LogP contribution is -2.08. The first-order valence-corrected chi connectivity index (χ1v) is 7.34. The summed E-state index contributed by atoms with van der Waals surface area (Å²) in [6.07, 6.45) is 4.09. The molecule has 122 valence electrons. The third-order valence-electron chi connectivity index (χ3n) is 3.07. The maximum atomic E-state index is 12.0. The third kappa shape index (κ3) is 4.12. The van der Waals surface area contributed by atoms with Gasteiger partial charge in [0.05, 0.1) is 32.2 Å². The highest BCUT2D eigenvalue weighted by Gasteiger charge is 2.20. The Bertz CT molecular complexity index is 662. The minimum atomic E-state index is -0.506. The Morgan fingerprint density at radius 2 is 2.09 bits per heavy atom. The molecule has 0 aliphatic carbocycles. The number of nitrogens with zero attached hydrogens (tertiary/aromatic N) is 2. The van der Waals surface area contributed by atoms with Crippen molar-refractivity contribution in [3.05, 3.63) is 48.8 Å². The van der Waals surface area contributed by atoms with Crippen LogP contribution >= 0.6 is 0 Å². The number of aromatic nitrogens is 2. The van der Waals surface area contributed by atoms with Crippen LogP contribution in [0.15, 0.2) is 43.1 Å². The van der Waals surface area contributed by atoms with Crippen molar-refractivity contribution in [1.82, 2.24) is 9.78 Å². The zero-order valence-corrected chi connectivity index (χ0v) is 13.3. The Kier molecular flexibility index (Phi) is 5.80. The molecule has 1 aromatic heterocycles. The Morgan fingerprint density at radius 1 is 1.35 bits per heavy atom. The van der Waals surface area contributed by atoms with Gasteiger partial charge in [-0.15, -0.1) is 6.58 Å². The molecule has 0 aliphatic rings. The summed E-state index contributed by atoms with van der Waals surface area (Å²) in [4.78, 5) is 12.0. The fourth-order valence-corrected chi connectivity index (χ4v) is 1.92. The summed E-state index contributed by atoms with van der Waals surface area (Å²) in [5.41, 5.74) is 0.946. The van der Waals surface area contributed by atoms with Gasteiger partial charge in [0.25, 0.3) is 0 Å². The molecule has 0 N–H and O–H groups in total. The van der Waals surface area contributed by atoms with E-state index in [4.69, 9.17) is 14.2 Å². The lowest BCUT2D eigenvalue weighted by atomic mass is 10.3. The number of ether oxygens (including phenoxy) is 3. The molecule has 0 amide bonds. The van der Waals surface area contributed by atoms with Crippen LogP contribution in [0, 0.1) is 0 Å². The van der Waals surface area contributed by atoms with Gasteiger partial charge >= 0.3 is 5.97 Å². The summed E-state index contributed by atoms with van der Waals surface area (Å²) >= 11 is 0. The van der Waals surface area contributed by atoms with Crippen LogP contribution in [0.4, 0.5) is 0 Å². The van der Waals surface area contributed by atoms with Crippen molar-refractivity contribution in [3.63, 3.8) is 0 Å². The molecule has 0 spiro atoms. The van der Waals surface area contributed by atoms with Crippen LogP contribution in [0.5, 0.6) is 11.5 Å². The molecule has 6 nitrogen and oxygen atoms in total. The summed E-state index contributed by atoms with van der Waals surface area (Å²) in [6.45, 7) is 6.09. The quantitative estimate of drug-likeness (QED) is 0.425. The molecule has 0 saturated heterocycles. The molecule has 2 aromatic rings. The second kappa shape index (κ2) is 8.03. The molecule has 0 aliphatic heterocycles. The van der Waals surface area contributed by atoms with E-state index in [2.05, 4.69) is 11.7 Å². The van der Waals surface area contributed by atoms with Crippen LogP contribution in [0.2, 0.25) is 0 Å². The number of hydrogen-bond acceptors (Lipinski definition) is 5. The van der Waals surface area contributed by atoms with Crippen LogP contribution in [0.1, 0.15) is 23.8 Å². The Labute approximate surface area is 135 Å². The van der Waals surface area contributed by atoms with Crippen LogP contribution in [-0.4, -0.2) is 36.1 Å². The smallest absolute Gasteiger partial charge is 0.362 e. The number of carbonyl (C=O) groups excluding carboxylic acids is 1. The summed E-state index contributed by atoms with van der Waals surface area (Å²) in [6, 6.07) is 7.32. The minimum absolute atomic E-state index is 0.159. The van der Waals surface area contributed by atoms with Crippen molar-refractivity contribution in [2.75, 3.05) is 20.3 Å². The average molecular weight is 316 g/mol. The third-order valence-corrected chi connectivity index (χ3v) is 3.07. The Morgan fingerprint density at radius 3 is 2.70 bits per heavy atom. The summed E-state index contributed by atoms with van der Waals surface area (Å²) < 4.78 is 17.3. The van der Waals surface area contributed by atoms with E-state index < -0.39 is 5.97 Å². The molecule has 0 bridgehead atoms. The largest absolute Gasteiger partial charge is 0.497 e. The molecule has 6 heteroatoms. The Hall–Kier alpha value is -2.76. The molecular weight excluding hydrogens is 296 g/mol. The zero-order chi connectivity index (χ0) is 16.7. The van der Waals surface area contributed by atoms with Gasteiger partial charge in [0, 0.05) is 0 Å². The molecule has 1 aromatic carbocycles. The first kappa shape index (κ1) is 16.6. The molecule has 2 rings (SSSR count). The molecule has 0 unspecified atom stereocenters. The van der Waals surface area contributed by atoms with Crippen molar-refractivity contribution in [2.24, 2.45) is 0 Å². The number of rotatable bonds is 8. The maximum Gasteiger partial charge on any atom is 0.362 e. The van der Waals surface area contributed by atoms with Gasteiger partial charge in [0.1, 0.15) is 5.75 Å². The van der Waals surface area contributed by atoms with E-state index in [1.807, 2.05) is 24.3 Å². The van der Waals surface area contributed by atoms with Crippen molar-refractivity contribution >= 4 is 5.97 Å². The highest BCUT2D eigenvalue weighted by molar-refractivity contribution is 5.90. The van der Waals surface area contributed by atoms with Crippen molar-refractivity contribution < 1.29 is 19.0 Å². The molecule has 23 heavy (non-hydrogen) atoms. The SMILES string of the molecule is C=CCCOc1cn(-c2ccc(OC)cc2)nc1C(=O)OCC. The number of carbonyl (C=O) groups is 1. The topological polar surface area (TPSA) is 62.6 Å². The molecule has 0 fully saturated rings. The standard InChI is InChI=1S/C17H20N2O4/c1-4-6-11-23-15-12-19(18-16(15)17(20)22-5-2)13-7-9-14(21-3)10-8-13/h4,7-10,12H,1,5-6,11H2,2-3H3. The van der Waals surface area contributed by atoms with Gasteiger partial charge in [0.2, 0.25) is 5.69 Å². The second-order valence-corrected chi connectivity index (χ2v) is 4.63. The number of hydrogen-bond donors (Lipinski definition) is 0. The summed E-state index contributed by atoms with van der Waals surface area (Å²) in [5.74, 6) is 0.628. The van der Waals surface area contributed by atoms with Crippen molar-refractivity contribution in [1.29, 1.82) is 0 Å². The molecular formula is C17H20N2O4. The molecule has 0 radical (unpaired) electrons. The zero-order valence-electron chi connectivity index (χ0n) is 13.3. The highest BCUT2D eigenvalue weighted by atomic mass is 16.5. The second-order valence-electron chi connectivity index (χ2n) is 4.63. The van der Waals surface area contributed by atoms with E-state index in [1.165, 1.54) is 0 Å². The van der Waals surface area contributed by atoms with Gasteiger partial charge in [-0.25, -0.2) is 9.48 Å². The molecule has 0 saturated carbocycles. The monoisotopic (exact) mass is 316 g/mol. The van der Waals surface area contributed by atoms with Crippen LogP contribution in [-0.2, 0) is 4.74 Å². The van der Waals surface area contributed by atoms with E-state index in [0.717, 1.165) is 11.4 Å². The van der Waals surface area contributed by atoms with E-state index in [1.54, 1.807) is 31.0 Å². The fraction of sp³-hybridized carbons (Fsp3) is 0.294. The van der Waals surface area contributed by atoms with Gasteiger partial charge in [-0.3, -0.25) is 0 Å². The van der Waals surface area contributed by atoms with Crippen LogP contribution < -0.4 is 9.47 Å². The van der Waals surface area contributed by atoms with Crippen molar-refractivity contribution in [2.45, 2.75) is 13.3 Å². The van der Waals surface area contributed by atoms with Gasteiger partial charge < -0.3 is 14.2 Å². The fourth-order valence-electron chi connectivity index (χ4n) is 1.92. The number of methoxy groups -OCH3 is 1. The first-order valence-electron chi connectivity index (χ1n) is 7.34. The van der Waals surface area contributed by atoms with Gasteiger partial charge in [-0.05, 0) is 37.6 Å². The lowest BCUT2D eigenvalue weighted by molar-refractivity contribution is 0.0514. The maximum absolute atomic E-state index is 12.0. The van der Waals surface area contributed by atoms with Crippen LogP contribution in [0.3, 0.4) is 0 Å². The number of esters is 1. The van der Waals surface area contributed by atoms with Gasteiger partial charge in [-0.2, -0.15) is 5.10 Å².